The molecule has 14 heavy (non-hydrogen) atoms. The van der Waals surface area contributed by atoms with Gasteiger partial charge in [0.1, 0.15) is 15.1 Å². The molecule has 0 atom stereocenters. The normalized spacial score (nSPS) is 10.6. The summed E-state index contributed by atoms with van der Waals surface area (Å²) in [7, 11) is 0. The van der Waals surface area contributed by atoms with Crippen LogP contribution in [0.1, 0.15) is 22.3 Å². The van der Waals surface area contributed by atoms with Crippen LogP contribution in [0.15, 0.2) is 6.07 Å². The highest BCUT2D eigenvalue weighted by atomic mass is 127. The minimum Gasteiger partial charge on any atom is -0.478 e. The third-order valence-electron chi connectivity index (χ3n) is 1.47. The second-order valence-corrected chi connectivity index (χ2v) is 3.43. The van der Waals surface area contributed by atoms with Crippen molar-refractivity contribution in [2.24, 2.45) is 0 Å². The molecule has 4 nitrogen and oxygen atoms in total. The van der Waals surface area contributed by atoms with Crippen molar-refractivity contribution >= 4 is 34.4 Å². The number of aromatic nitrogens is 1. The van der Waals surface area contributed by atoms with E-state index in [1.54, 1.807) is 22.6 Å². The van der Waals surface area contributed by atoms with Gasteiger partial charge >= 0.3 is 5.97 Å². The number of hydrogen-bond donors (Lipinski definition) is 2. The number of halogens is 3. The van der Waals surface area contributed by atoms with Gasteiger partial charge in [-0.3, -0.25) is 0 Å². The highest BCUT2D eigenvalue weighted by molar-refractivity contribution is 14.1. The molecule has 1 heterocycles. The molecule has 0 spiro atoms. The second-order valence-electron chi connectivity index (χ2n) is 2.41. The van der Waals surface area contributed by atoms with Crippen LogP contribution in [0.2, 0.25) is 0 Å². The van der Waals surface area contributed by atoms with E-state index in [9.17, 15) is 13.6 Å². The van der Waals surface area contributed by atoms with Crippen molar-refractivity contribution in [2.75, 3.05) is 5.73 Å². The highest BCUT2D eigenvalue weighted by Gasteiger charge is 2.22. The lowest BCUT2D eigenvalue weighted by Crippen LogP contribution is -2.09. The van der Waals surface area contributed by atoms with E-state index in [1.807, 2.05) is 0 Å². The first-order valence-electron chi connectivity index (χ1n) is 3.41. The van der Waals surface area contributed by atoms with Crippen molar-refractivity contribution < 1.29 is 18.7 Å². The fourth-order valence-electron chi connectivity index (χ4n) is 0.936. The maximum atomic E-state index is 12.4. The van der Waals surface area contributed by atoms with Gasteiger partial charge in [0.05, 0.1) is 0 Å². The van der Waals surface area contributed by atoms with Crippen molar-refractivity contribution in [3.05, 3.63) is 20.9 Å². The average Bonchev–Trinajstić information content (AvgIpc) is 2.01. The average molecular weight is 314 g/mol. The monoisotopic (exact) mass is 314 g/mol. The number of alkyl halides is 2. The van der Waals surface area contributed by atoms with Crippen molar-refractivity contribution in [3.8, 4) is 0 Å². The molecule has 0 aromatic carbocycles. The summed E-state index contributed by atoms with van der Waals surface area (Å²) in [4.78, 5) is 14.2. The van der Waals surface area contributed by atoms with E-state index in [-0.39, 0.29) is 9.52 Å². The van der Waals surface area contributed by atoms with Gasteiger partial charge in [-0.2, -0.15) is 0 Å². The maximum absolute atomic E-state index is 12.4. The van der Waals surface area contributed by atoms with E-state index in [2.05, 4.69) is 4.98 Å². The smallest absolute Gasteiger partial charge is 0.338 e. The third-order valence-corrected chi connectivity index (χ3v) is 2.26. The summed E-state index contributed by atoms with van der Waals surface area (Å²) >= 11 is 1.55. The molecule has 3 N–H and O–H groups in total. The zero-order chi connectivity index (χ0) is 10.9. The number of carbonyl (C=O) groups is 1. The Morgan fingerprint density at radius 2 is 2.21 bits per heavy atom. The van der Waals surface area contributed by atoms with E-state index in [4.69, 9.17) is 10.8 Å². The van der Waals surface area contributed by atoms with Crippen LogP contribution in [-0.4, -0.2) is 16.1 Å². The van der Waals surface area contributed by atoms with E-state index < -0.39 is 23.5 Å². The SMILES string of the molecule is Nc1cc(C(F)F)c(C(=O)O)c(I)n1. The van der Waals surface area contributed by atoms with Gasteiger partial charge in [0.25, 0.3) is 6.43 Å². The van der Waals surface area contributed by atoms with Gasteiger partial charge < -0.3 is 10.8 Å². The van der Waals surface area contributed by atoms with Crippen molar-refractivity contribution in [1.29, 1.82) is 0 Å². The van der Waals surface area contributed by atoms with Crippen LogP contribution >= 0.6 is 22.6 Å². The molecule has 76 valence electrons. The number of nitrogens with zero attached hydrogens (tertiary/aromatic N) is 1. The van der Waals surface area contributed by atoms with Crippen molar-refractivity contribution in [1.82, 2.24) is 4.98 Å². The number of carboxylic acids is 1. The van der Waals surface area contributed by atoms with E-state index >= 15 is 0 Å². The van der Waals surface area contributed by atoms with Crippen LogP contribution in [0, 0.1) is 3.70 Å². The summed E-state index contributed by atoms with van der Waals surface area (Å²) in [5.74, 6) is -1.55. The molecule has 0 fully saturated rings. The molecule has 0 aliphatic rings. The van der Waals surface area contributed by atoms with Crippen LogP contribution in [0.3, 0.4) is 0 Å². The molecular weight excluding hydrogens is 309 g/mol. The van der Waals surface area contributed by atoms with E-state index in [0.717, 1.165) is 6.07 Å². The van der Waals surface area contributed by atoms with Crippen LogP contribution in [0.4, 0.5) is 14.6 Å². The minimum absolute atomic E-state index is 0.0367. The van der Waals surface area contributed by atoms with Gasteiger partial charge in [-0.25, -0.2) is 18.6 Å². The standard InChI is InChI=1S/C7H5F2IN2O2/c8-5(9)2-1-3(11)12-6(10)4(2)7(13)14/h1,5H,(H2,11,12)(H,13,14). The quantitative estimate of drug-likeness (QED) is 0.646. The van der Waals surface area contributed by atoms with Crippen molar-refractivity contribution in [3.63, 3.8) is 0 Å². The van der Waals surface area contributed by atoms with Gasteiger partial charge in [-0.05, 0) is 28.7 Å². The summed E-state index contributed by atoms with van der Waals surface area (Å²) in [6.07, 6.45) is -2.88. The number of aromatic carboxylic acids is 1. The van der Waals surface area contributed by atoms with Gasteiger partial charge in [0.2, 0.25) is 0 Å². The van der Waals surface area contributed by atoms with Crippen LogP contribution < -0.4 is 5.73 Å². The molecule has 0 unspecified atom stereocenters. The fraction of sp³-hybridized carbons (Fsp3) is 0.143. The highest BCUT2D eigenvalue weighted by Crippen LogP contribution is 2.27. The molecule has 0 amide bonds. The number of carboxylic acid groups (broad SMARTS) is 1. The lowest BCUT2D eigenvalue weighted by molar-refractivity contribution is 0.0682. The van der Waals surface area contributed by atoms with Crippen LogP contribution in [-0.2, 0) is 0 Å². The lowest BCUT2D eigenvalue weighted by Gasteiger charge is -2.07. The molecule has 0 aliphatic heterocycles. The third kappa shape index (κ3) is 2.08. The molecule has 0 bridgehead atoms. The van der Waals surface area contributed by atoms with Gasteiger partial charge in [0, 0.05) is 5.56 Å². The molecule has 1 aromatic heterocycles. The first kappa shape index (κ1) is 11.1. The number of hydrogen-bond acceptors (Lipinski definition) is 3. The maximum Gasteiger partial charge on any atom is 0.338 e. The molecular formula is C7H5F2IN2O2. The van der Waals surface area contributed by atoms with Gasteiger partial charge in [-0.15, -0.1) is 0 Å². The fourth-order valence-corrected chi connectivity index (χ4v) is 1.76. The predicted molar refractivity (Wildman–Crippen MR) is 53.3 cm³/mol. The largest absolute Gasteiger partial charge is 0.478 e. The predicted octanol–water partition coefficient (Wildman–Crippen LogP) is 1.90. The van der Waals surface area contributed by atoms with Gasteiger partial charge in [-0.1, -0.05) is 0 Å². The number of rotatable bonds is 2. The molecule has 0 saturated carbocycles. The second kappa shape index (κ2) is 4.03. The number of nitrogen functional groups attached to an aromatic ring is 1. The summed E-state index contributed by atoms with van der Waals surface area (Å²) in [6, 6.07) is 0.871. The Hall–Kier alpha value is -0.990. The Kier molecular flexibility index (Phi) is 3.19. The van der Waals surface area contributed by atoms with Crippen LogP contribution in [0.25, 0.3) is 0 Å². The first-order valence-corrected chi connectivity index (χ1v) is 4.48. The summed E-state index contributed by atoms with van der Waals surface area (Å²) in [5, 5.41) is 8.67. The Labute approximate surface area is 91.3 Å². The number of anilines is 1. The molecule has 1 rings (SSSR count). The molecule has 1 aromatic rings. The number of nitrogens with two attached hydrogens (primary N) is 1. The lowest BCUT2D eigenvalue weighted by atomic mass is 10.1. The summed E-state index contributed by atoms with van der Waals surface area (Å²) in [5.41, 5.74) is 4.13. The Morgan fingerprint density at radius 3 is 2.64 bits per heavy atom. The van der Waals surface area contributed by atoms with Crippen molar-refractivity contribution in [2.45, 2.75) is 6.43 Å². The Morgan fingerprint density at radius 1 is 1.64 bits per heavy atom. The summed E-state index contributed by atoms with van der Waals surface area (Å²) < 4.78 is 24.8. The minimum atomic E-state index is -2.88. The van der Waals surface area contributed by atoms with Crippen LogP contribution in [0.5, 0.6) is 0 Å². The zero-order valence-corrected chi connectivity index (χ0v) is 8.83. The van der Waals surface area contributed by atoms with E-state index in [0.29, 0.717) is 0 Å². The molecule has 0 saturated heterocycles. The number of pyridine rings is 1. The molecule has 0 radical (unpaired) electrons. The Bertz CT molecular complexity index is 384. The molecule has 0 aliphatic carbocycles. The summed E-state index contributed by atoms with van der Waals surface area (Å²) in [6.45, 7) is 0. The zero-order valence-electron chi connectivity index (χ0n) is 6.67. The topological polar surface area (TPSA) is 76.2 Å². The molecule has 7 heteroatoms. The van der Waals surface area contributed by atoms with Gasteiger partial charge in [0.15, 0.2) is 0 Å². The Balaban J connectivity index is 3.44. The first-order chi connectivity index (χ1) is 6.43. The van der Waals surface area contributed by atoms with E-state index in [1.165, 1.54) is 0 Å².